The van der Waals surface area contributed by atoms with Gasteiger partial charge in [-0.15, -0.1) is 0 Å². The lowest BCUT2D eigenvalue weighted by molar-refractivity contribution is -0.135. The van der Waals surface area contributed by atoms with Crippen molar-refractivity contribution in [2.45, 2.75) is 26.2 Å². The number of hydrogen-bond donors (Lipinski definition) is 1. The van der Waals surface area contributed by atoms with Crippen molar-refractivity contribution in [1.29, 1.82) is 0 Å². The second-order valence-corrected chi connectivity index (χ2v) is 6.10. The van der Waals surface area contributed by atoms with E-state index >= 15 is 0 Å². The summed E-state index contributed by atoms with van der Waals surface area (Å²) >= 11 is 0. The van der Waals surface area contributed by atoms with Crippen LogP contribution in [0.5, 0.6) is 11.5 Å². The lowest BCUT2D eigenvalue weighted by Crippen LogP contribution is -2.28. The number of esters is 1. The number of aromatic amines is 1. The molecule has 24 heavy (non-hydrogen) atoms. The van der Waals surface area contributed by atoms with Crippen molar-refractivity contribution in [2.75, 3.05) is 6.61 Å². The van der Waals surface area contributed by atoms with Gasteiger partial charge >= 0.3 is 5.97 Å². The number of aromatic nitrogens is 1. The molecule has 0 bridgehead atoms. The first-order chi connectivity index (χ1) is 11.4. The summed E-state index contributed by atoms with van der Waals surface area (Å²) in [5.41, 5.74) is 2.76. The smallest absolute Gasteiger partial charge is 0.312 e. The molecule has 0 radical (unpaired) electrons. The zero-order valence-corrected chi connectivity index (χ0v) is 13.7. The van der Waals surface area contributed by atoms with Crippen molar-refractivity contribution in [2.24, 2.45) is 0 Å². The van der Waals surface area contributed by atoms with E-state index in [0.717, 1.165) is 16.9 Å². The number of hydrogen-bond acceptors (Lipinski definition) is 4. The Morgan fingerprint density at radius 3 is 2.71 bits per heavy atom. The Morgan fingerprint density at radius 2 is 2.04 bits per heavy atom. The second-order valence-electron chi connectivity index (χ2n) is 6.10. The van der Waals surface area contributed by atoms with Gasteiger partial charge in [-0.3, -0.25) is 9.59 Å². The van der Waals surface area contributed by atoms with Crippen LogP contribution in [0.2, 0.25) is 0 Å². The summed E-state index contributed by atoms with van der Waals surface area (Å²) in [6, 6.07) is 9.10. The molecule has 1 atom stereocenters. The highest BCUT2D eigenvalue weighted by molar-refractivity contribution is 5.77. The van der Waals surface area contributed by atoms with Gasteiger partial charge < -0.3 is 14.5 Å². The maximum atomic E-state index is 12.3. The van der Waals surface area contributed by atoms with Crippen molar-refractivity contribution < 1.29 is 14.3 Å². The first-order valence-electron chi connectivity index (χ1n) is 7.75. The Hall–Kier alpha value is -2.82. The zero-order valence-electron chi connectivity index (χ0n) is 13.7. The normalized spacial score (nSPS) is 16.2. The van der Waals surface area contributed by atoms with Gasteiger partial charge in [-0.1, -0.05) is 18.7 Å². The maximum absolute atomic E-state index is 12.3. The van der Waals surface area contributed by atoms with Gasteiger partial charge in [-0.05, 0) is 37.1 Å². The molecule has 1 aromatic heterocycles. The lowest BCUT2D eigenvalue weighted by Gasteiger charge is -2.24. The zero-order chi connectivity index (χ0) is 17.3. The van der Waals surface area contributed by atoms with E-state index in [0.29, 0.717) is 23.6 Å². The minimum atomic E-state index is -0.333. The number of rotatable bonds is 4. The quantitative estimate of drug-likeness (QED) is 0.693. The molecule has 0 aliphatic carbocycles. The van der Waals surface area contributed by atoms with Crippen LogP contribution in [0.25, 0.3) is 0 Å². The molecule has 0 saturated carbocycles. The number of H-pyrrole nitrogens is 1. The van der Waals surface area contributed by atoms with Crippen molar-refractivity contribution in [3.8, 4) is 11.5 Å². The van der Waals surface area contributed by atoms with E-state index < -0.39 is 0 Å². The Labute approximate surface area is 139 Å². The molecule has 5 heteroatoms. The molecular formula is C19H19NO4. The summed E-state index contributed by atoms with van der Waals surface area (Å²) in [7, 11) is 0. The van der Waals surface area contributed by atoms with E-state index in [1.165, 1.54) is 0 Å². The molecule has 124 valence electrons. The van der Waals surface area contributed by atoms with Crippen LogP contribution in [0.4, 0.5) is 0 Å². The maximum Gasteiger partial charge on any atom is 0.312 e. The van der Waals surface area contributed by atoms with Gasteiger partial charge in [0.25, 0.3) is 5.56 Å². The van der Waals surface area contributed by atoms with Crippen LogP contribution in [-0.2, 0) is 4.79 Å². The summed E-state index contributed by atoms with van der Waals surface area (Å²) in [6.07, 6.45) is 0.144. The molecule has 2 aromatic rings. The fraction of sp³-hybridized carbons (Fsp3) is 0.263. The summed E-state index contributed by atoms with van der Waals surface area (Å²) in [4.78, 5) is 27.0. The van der Waals surface area contributed by atoms with Gasteiger partial charge in [0.05, 0.1) is 12.0 Å². The predicted octanol–water partition coefficient (Wildman–Crippen LogP) is 3.08. The molecule has 2 heterocycles. The van der Waals surface area contributed by atoms with Crippen LogP contribution in [0, 0.1) is 6.92 Å². The first-order valence-corrected chi connectivity index (χ1v) is 7.75. The number of ether oxygens (including phenoxy) is 2. The van der Waals surface area contributed by atoms with Gasteiger partial charge in [-0.2, -0.15) is 0 Å². The number of benzene rings is 1. The fourth-order valence-corrected chi connectivity index (χ4v) is 2.80. The molecule has 0 fully saturated rings. The van der Waals surface area contributed by atoms with Gasteiger partial charge in [0.2, 0.25) is 0 Å². The van der Waals surface area contributed by atoms with Crippen molar-refractivity contribution >= 4 is 5.97 Å². The molecule has 0 amide bonds. The van der Waals surface area contributed by atoms with Crippen LogP contribution >= 0.6 is 0 Å². The fourth-order valence-electron chi connectivity index (χ4n) is 2.80. The van der Waals surface area contributed by atoms with E-state index in [4.69, 9.17) is 9.47 Å². The van der Waals surface area contributed by atoms with Crippen LogP contribution < -0.4 is 15.0 Å². The molecule has 1 aliphatic rings. The average molecular weight is 325 g/mol. The number of nitrogens with one attached hydrogen (secondary N) is 1. The SMILES string of the molecule is C=C(C)COc1ccc([C@H]2CC(=O)Oc3cc(C)[nH]c(=O)c32)cc1. The molecule has 1 N–H and O–H groups in total. The standard InChI is InChI=1S/C19H19NO4/c1-11(2)10-23-14-6-4-13(5-7-14)15-9-17(21)24-16-8-12(3)20-19(22)18(15)16/h4-8,15H,1,9-10H2,2-3H3,(H,20,22)/t15-/m1/s1. The number of carbonyl (C=O) groups excluding carboxylic acids is 1. The second kappa shape index (κ2) is 6.35. The van der Waals surface area contributed by atoms with Crippen LogP contribution in [0.1, 0.15) is 36.1 Å². The largest absolute Gasteiger partial charge is 0.489 e. The number of pyridine rings is 1. The minimum Gasteiger partial charge on any atom is -0.489 e. The summed E-state index contributed by atoms with van der Waals surface area (Å²) in [5, 5.41) is 0. The van der Waals surface area contributed by atoms with Crippen molar-refractivity contribution in [3.05, 3.63) is 69.7 Å². The van der Waals surface area contributed by atoms with Gasteiger partial charge in [0, 0.05) is 17.7 Å². The molecule has 3 rings (SSSR count). The average Bonchev–Trinajstić information content (AvgIpc) is 2.52. The Bertz CT molecular complexity index is 849. The van der Waals surface area contributed by atoms with E-state index in [1.54, 1.807) is 13.0 Å². The summed E-state index contributed by atoms with van der Waals surface area (Å²) in [6.45, 7) is 7.90. The molecule has 1 aromatic carbocycles. The minimum absolute atomic E-state index is 0.144. The molecule has 1 aliphatic heterocycles. The number of carbonyl (C=O) groups is 1. The van der Waals surface area contributed by atoms with E-state index in [2.05, 4.69) is 11.6 Å². The summed E-state index contributed by atoms with van der Waals surface area (Å²) in [5.74, 6) is 0.416. The molecule has 0 unspecified atom stereocenters. The molecule has 0 saturated heterocycles. The topological polar surface area (TPSA) is 68.4 Å². The molecule has 5 nitrogen and oxygen atoms in total. The number of fused-ring (bicyclic) bond motifs is 1. The Morgan fingerprint density at radius 1 is 1.33 bits per heavy atom. The van der Waals surface area contributed by atoms with E-state index in [9.17, 15) is 9.59 Å². The monoisotopic (exact) mass is 325 g/mol. The summed E-state index contributed by atoms with van der Waals surface area (Å²) < 4.78 is 10.8. The first kappa shape index (κ1) is 16.1. The molecule has 0 spiro atoms. The van der Waals surface area contributed by atoms with Crippen LogP contribution in [0.3, 0.4) is 0 Å². The van der Waals surface area contributed by atoms with Crippen LogP contribution in [0.15, 0.2) is 47.3 Å². The third kappa shape index (κ3) is 3.25. The van der Waals surface area contributed by atoms with Crippen molar-refractivity contribution in [1.82, 2.24) is 4.98 Å². The highest BCUT2D eigenvalue weighted by atomic mass is 16.5. The Balaban J connectivity index is 1.94. The van der Waals surface area contributed by atoms with Crippen LogP contribution in [-0.4, -0.2) is 17.6 Å². The lowest BCUT2D eigenvalue weighted by atomic mass is 9.87. The Kier molecular flexibility index (Phi) is 4.25. The highest BCUT2D eigenvalue weighted by Gasteiger charge is 2.31. The van der Waals surface area contributed by atoms with Gasteiger partial charge in [0.1, 0.15) is 18.1 Å². The number of aryl methyl sites for hydroxylation is 1. The van der Waals surface area contributed by atoms with Gasteiger partial charge in [-0.25, -0.2) is 0 Å². The molecular weight excluding hydrogens is 306 g/mol. The van der Waals surface area contributed by atoms with E-state index in [1.807, 2.05) is 31.2 Å². The van der Waals surface area contributed by atoms with Crippen molar-refractivity contribution in [3.63, 3.8) is 0 Å². The highest BCUT2D eigenvalue weighted by Crippen LogP contribution is 2.36. The van der Waals surface area contributed by atoms with Gasteiger partial charge in [0.15, 0.2) is 0 Å². The third-order valence-corrected chi connectivity index (χ3v) is 3.88. The van der Waals surface area contributed by atoms with E-state index in [-0.39, 0.29) is 23.9 Å². The predicted molar refractivity (Wildman–Crippen MR) is 90.6 cm³/mol. The third-order valence-electron chi connectivity index (χ3n) is 3.88.